The topological polar surface area (TPSA) is 91.3 Å². The van der Waals surface area contributed by atoms with E-state index < -0.39 is 12.2 Å². The minimum Gasteiger partial charge on any atom is -0.394 e. The highest BCUT2D eigenvalue weighted by Crippen LogP contribution is 2.26. The number of rotatable bonds is 5. The molecule has 4 atom stereocenters. The molecule has 2 fully saturated rings. The SMILES string of the molecule is O=C(NCC1OC(CO)C(O)C1N1CCOCC1)c1cccs1. The van der Waals surface area contributed by atoms with E-state index in [1.165, 1.54) is 11.3 Å². The van der Waals surface area contributed by atoms with Crippen LogP contribution in [0.15, 0.2) is 17.5 Å². The number of ether oxygens (including phenoxy) is 2. The van der Waals surface area contributed by atoms with Crippen molar-refractivity contribution >= 4 is 17.2 Å². The van der Waals surface area contributed by atoms with Crippen LogP contribution in [0.1, 0.15) is 9.67 Å². The molecule has 2 aliphatic heterocycles. The lowest BCUT2D eigenvalue weighted by atomic mass is 10.0. The van der Waals surface area contributed by atoms with E-state index in [2.05, 4.69) is 10.2 Å². The lowest BCUT2D eigenvalue weighted by molar-refractivity contribution is -0.0220. The molecule has 2 aliphatic rings. The molecule has 0 aliphatic carbocycles. The fourth-order valence-corrected chi connectivity index (χ4v) is 3.80. The van der Waals surface area contributed by atoms with Gasteiger partial charge in [0.15, 0.2) is 0 Å². The Balaban J connectivity index is 1.64. The molecule has 3 heterocycles. The zero-order chi connectivity index (χ0) is 16.2. The molecule has 0 aromatic carbocycles. The lowest BCUT2D eigenvalue weighted by Crippen LogP contribution is -2.54. The van der Waals surface area contributed by atoms with Crippen molar-refractivity contribution in [2.45, 2.75) is 24.4 Å². The second-order valence-corrected chi connectivity index (χ2v) is 6.66. The van der Waals surface area contributed by atoms with Crippen molar-refractivity contribution in [3.05, 3.63) is 22.4 Å². The van der Waals surface area contributed by atoms with E-state index in [4.69, 9.17) is 9.47 Å². The van der Waals surface area contributed by atoms with Crippen LogP contribution in [-0.2, 0) is 9.47 Å². The monoisotopic (exact) mass is 342 g/mol. The Kier molecular flexibility index (Phi) is 5.62. The highest BCUT2D eigenvalue weighted by atomic mass is 32.1. The molecular weight excluding hydrogens is 320 g/mol. The Bertz CT molecular complexity index is 506. The van der Waals surface area contributed by atoms with Gasteiger partial charge in [-0.15, -0.1) is 11.3 Å². The molecule has 3 rings (SSSR count). The van der Waals surface area contributed by atoms with Gasteiger partial charge in [-0.1, -0.05) is 6.07 Å². The summed E-state index contributed by atoms with van der Waals surface area (Å²) >= 11 is 1.38. The summed E-state index contributed by atoms with van der Waals surface area (Å²) in [6.45, 7) is 2.70. The number of carbonyl (C=O) groups is 1. The van der Waals surface area contributed by atoms with E-state index in [1.807, 2.05) is 11.4 Å². The molecule has 23 heavy (non-hydrogen) atoms. The molecule has 0 bridgehead atoms. The van der Waals surface area contributed by atoms with Gasteiger partial charge in [0, 0.05) is 19.6 Å². The molecule has 1 amide bonds. The quantitative estimate of drug-likeness (QED) is 0.655. The van der Waals surface area contributed by atoms with Crippen molar-refractivity contribution in [3.63, 3.8) is 0 Å². The first-order valence-electron chi connectivity index (χ1n) is 7.78. The average molecular weight is 342 g/mol. The zero-order valence-electron chi connectivity index (χ0n) is 12.8. The summed E-state index contributed by atoms with van der Waals surface area (Å²) in [4.78, 5) is 14.8. The number of amides is 1. The first kappa shape index (κ1) is 16.8. The number of nitrogens with one attached hydrogen (secondary N) is 1. The fourth-order valence-electron chi connectivity index (χ4n) is 3.16. The number of hydrogen-bond donors (Lipinski definition) is 3. The van der Waals surface area contributed by atoms with Crippen molar-refractivity contribution in [2.75, 3.05) is 39.5 Å². The van der Waals surface area contributed by atoms with Gasteiger partial charge in [0.2, 0.25) is 0 Å². The van der Waals surface area contributed by atoms with Gasteiger partial charge in [-0.25, -0.2) is 0 Å². The van der Waals surface area contributed by atoms with Gasteiger partial charge in [-0.2, -0.15) is 0 Å². The number of nitrogens with zero attached hydrogens (tertiary/aromatic N) is 1. The van der Waals surface area contributed by atoms with E-state index in [9.17, 15) is 15.0 Å². The van der Waals surface area contributed by atoms with E-state index in [-0.39, 0.29) is 24.7 Å². The minimum absolute atomic E-state index is 0.147. The Morgan fingerprint density at radius 1 is 1.39 bits per heavy atom. The van der Waals surface area contributed by atoms with Crippen LogP contribution in [0.25, 0.3) is 0 Å². The van der Waals surface area contributed by atoms with Crippen LogP contribution in [0.2, 0.25) is 0 Å². The summed E-state index contributed by atoms with van der Waals surface area (Å²) in [5, 5.41) is 24.5. The van der Waals surface area contributed by atoms with Crippen LogP contribution in [-0.4, -0.2) is 84.8 Å². The summed E-state index contributed by atoms with van der Waals surface area (Å²) in [6, 6.07) is 3.34. The Morgan fingerprint density at radius 3 is 2.83 bits per heavy atom. The Morgan fingerprint density at radius 2 is 2.17 bits per heavy atom. The molecule has 1 aromatic heterocycles. The van der Waals surface area contributed by atoms with Crippen molar-refractivity contribution in [1.82, 2.24) is 10.2 Å². The predicted octanol–water partition coefficient (Wildman–Crippen LogP) is -0.701. The van der Waals surface area contributed by atoms with Gasteiger partial charge in [-0.3, -0.25) is 9.69 Å². The standard InChI is InChI=1S/C15H22N2O5S/c18-9-11-14(19)13(17-3-5-21-6-4-17)10(22-11)8-16-15(20)12-2-1-7-23-12/h1-2,7,10-11,13-14,18-19H,3-6,8-9H2,(H,16,20). The number of carbonyl (C=O) groups excluding carboxylic acids is 1. The molecule has 3 N–H and O–H groups in total. The lowest BCUT2D eigenvalue weighted by Gasteiger charge is -2.36. The maximum absolute atomic E-state index is 12.1. The third-order valence-corrected chi connectivity index (χ3v) is 5.19. The highest BCUT2D eigenvalue weighted by Gasteiger charge is 2.46. The van der Waals surface area contributed by atoms with Crippen LogP contribution >= 0.6 is 11.3 Å². The molecule has 128 valence electrons. The fraction of sp³-hybridized carbons (Fsp3) is 0.667. The van der Waals surface area contributed by atoms with Crippen molar-refractivity contribution in [1.29, 1.82) is 0 Å². The summed E-state index contributed by atoms with van der Waals surface area (Å²) in [5.41, 5.74) is 0. The van der Waals surface area contributed by atoms with Crippen LogP contribution < -0.4 is 5.32 Å². The number of aliphatic hydroxyl groups is 2. The molecule has 1 aromatic rings. The van der Waals surface area contributed by atoms with Gasteiger partial charge in [-0.05, 0) is 11.4 Å². The maximum atomic E-state index is 12.1. The van der Waals surface area contributed by atoms with E-state index in [0.717, 1.165) is 0 Å². The predicted molar refractivity (Wildman–Crippen MR) is 84.6 cm³/mol. The number of hydrogen-bond acceptors (Lipinski definition) is 7. The number of aliphatic hydroxyl groups excluding tert-OH is 2. The van der Waals surface area contributed by atoms with Gasteiger partial charge < -0.3 is 25.0 Å². The van der Waals surface area contributed by atoms with Crippen molar-refractivity contribution in [2.24, 2.45) is 0 Å². The normalized spacial score (nSPS) is 32.1. The van der Waals surface area contributed by atoms with Crippen LogP contribution in [0.5, 0.6) is 0 Å². The largest absolute Gasteiger partial charge is 0.394 e. The van der Waals surface area contributed by atoms with E-state index in [1.54, 1.807) is 6.07 Å². The molecular formula is C15H22N2O5S. The average Bonchev–Trinajstić information content (AvgIpc) is 3.21. The van der Waals surface area contributed by atoms with Gasteiger partial charge in [0.25, 0.3) is 5.91 Å². The van der Waals surface area contributed by atoms with Gasteiger partial charge in [0.05, 0.1) is 36.8 Å². The second kappa shape index (κ2) is 7.69. The molecule has 0 radical (unpaired) electrons. The summed E-state index contributed by atoms with van der Waals surface area (Å²) < 4.78 is 11.1. The zero-order valence-corrected chi connectivity index (χ0v) is 13.6. The van der Waals surface area contributed by atoms with Crippen LogP contribution in [0.3, 0.4) is 0 Å². The summed E-state index contributed by atoms with van der Waals surface area (Å²) in [5.74, 6) is -0.147. The Hall–Kier alpha value is -1.03. The van der Waals surface area contributed by atoms with Crippen LogP contribution in [0.4, 0.5) is 0 Å². The molecule has 0 saturated carbocycles. The van der Waals surface area contributed by atoms with Gasteiger partial charge in [0.1, 0.15) is 12.2 Å². The van der Waals surface area contributed by atoms with Crippen molar-refractivity contribution < 1.29 is 24.5 Å². The first-order valence-corrected chi connectivity index (χ1v) is 8.66. The van der Waals surface area contributed by atoms with Crippen molar-refractivity contribution in [3.8, 4) is 0 Å². The molecule has 7 nitrogen and oxygen atoms in total. The third kappa shape index (κ3) is 3.73. The van der Waals surface area contributed by atoms with E-state index in [0.29, 0.717) is 37.7 Å². The highest BCUT2D eigenvalue weighted by molar-refractivity contribution is 7.12. The number of morpholine rings is 1. The smallest absolute Gasteiger partial charge is 0.261 e. The molecule has 0 spiro atoms. The summed E-state index contributed by atoms with van der Waals surface area (Å²) in [6.07, 6.45) is -1.75. The molecule has 8 heteroatoms. The second-order valence-electron chi connectivity index (χ2n) is 5.71. The van der Waals surface area contributed by atoms with E-state index >= 15 is 0 Å². The summed E-state index contributed by atoms with van der Waals surface area (Å²) in [7, 11) is 0. The molecule has 4 unspecified atom stereocenters. The van der Waals surface area contributed by atoms with Gasteiger partial charge >= 0.3 is 0 Å². The minimum atomic E-state index is -0.776. The number of thiophene rings is 1. The Labute approximate surface area is 138 Å². The third-order valence-electron chi connectivity index (χ3n) is 4.32. The first-order chi connectivity index (χ1) is 11.2. The van der Waals surface area contributed by atoms with Crippen LogP contribution in [0, 0.1) is 0 Å². The maximum Gasteiger partial charge on any atom is 0.261 e. The molecule has 2 saturated heterocycles.